The standard InChI is InChI=1S/C5H5BF3O2/c1-10-4-2-3-11-5(4)6(7,8)9/h2-3H,1H3/q-1. The van der Waals surface area contributed by atoms with Crippen molar-refractivity contribution >= 4 is 12.6 Å². The molecule has 0 aliphatic carbocycles. The first-order valence-electron chi connectivity index (χ1n) is 2.87. The van der Waals surface area contributed by atoms with Gasteiger partial charge in [0.1, 0.15) is 5.75 Å². The van der Waals surface area contributed by atoms with E-state index < -0.39 is 12.6 Å². The highest BCUT2D eigenvalue weighted by molar-refractivity contribution is 6.73. The second-order valence-corrected chi connectivity index (χ2v) is 1.93. The molecule has 6 heteroatoms. The minimum absolute atomic E-state index is 0.266. The highest BCUT2D eigenvalue weighted by Gasteiger charge is 2.33. The van der Waals surface area contributed by atoms with Crippen LogP contribution >= 0.6 is 0 Å². The smallest absolute Gasteiger partial charge is 0.497 e. The first kappa shape index (κ1) is 8.04. The number of hydrogen-bond acceptors (Lipinski definition) is 2. The molecular formula is C5H5BF3O2-. The molecule has 0 aliphatic rings. The van der Waals surface area contributed by atoms with Crippen LogP contribution in [0.15, 0.2) is 16.7 Å². The Morgan fingerprint density at radius 3 is 2.45 bits per heavy atom. The van der Waals surface area contributed by atoms with E-state index in [0.29, 0.717) is 0 Å². The van der Waals surface area contributed by atoms with Crippen molar-refractivity contribution in [2.75, 3.05) is 7.11 Å². The van der Waals surface area contributed by atoms with Gasteiger partial charge in [-0.2, -0.15) is 0 Å². The van der Waals surface area contributed by atoms with Crippen molar-refractivity contribution in [1.82, 2.24) is 0 Å². The van der Waals surface area contributed by atoms with Crippen molar-refractivity contribution in [3.05, 3.63) is 12.3 Å². The maximum Gasteiger partial charge on any atom is 0.548 e. The zero-order valence-corrected chi connectivity index (χ0v) is 5.68. The molecular weight excluding hydrogens is 160 g/mol. The van der Waals surface area contributed by atoms with Crippen LogP contribution in [-0.4, -0.2) is 14.1 Å². The van der Waals surface area contributed by atoms with Crippen LogP contribution in [0.1, 0.15) is 0 Å². The van der Waals surface area contributed by atoms with E-state index in [1.165, 1.54) is 0 Å². The van der Waals surface area contributed by atoms with Crippen molar-refractivity contribution in [1.29, 1.82) is 0 Å². The molecule has 0 saturated carbocycles. The summed E-state index contributed by atoms with van der Waals surface area (Å²) in [7, 11) is 1.16. The lowest BCUT2D eigenvalue weighted by atomic mass is 9.87. The Balaban J connectivity index is 3.02. The van der Waals surface area contributed by atoms with E-state index in [0.717, 1.165) is 19.4 Å². The van der Waals surface area contributed by atoms with Crippen LogP contribution < -0.4 is 10.4 Å². The van der Waals surface area contributed by atoms with Crippen LogP contribution in [0.3, 0.4) is 0 Å². The Kier molecular flexibility index (Phi) is 1.84. The molecule has 0 unspecified atom stereocenters. The summed E-state index contributed by atoms with van der Waals surface area (Å²) in [5, 5.41) is 0. The predicted octanol–water partition coefficient (Wildman–Crippen LogP) is 1.34. The third-order valence-corrected chi connectivity index (χ3v) is 1.17. The fourth-order valence-electron chi connectivity index (χ4n) is 0.716. The topological polar surface area (TPSA) is 22.4 Å². The van der Waals surface area contributed by atoms with Gasteiger partial charge in [0.25, 0.3) is 0 Å². The van der Waals surface area contributed by atoms with Crippen molar-refractivity contribution < 1.29 is 22.1 Å². The van der Waals surface area contributed by atoms with E-state index in [2.05, 4.69) is 9.15 Å². The van der Waals surface area contributed by atoms with Crippen molar-refractivity contribution in [2.24, 2.45) is 0 Å². The Morgan fingerprint density at radius 1 is 1.45 bits per heavy atom. The first-order valence-corrected chi connectivity index (χ1v) is 2.87. The molecule has 0 fully saturated rings. The molecule has 62 valence electrons. The van der Waals surface area contributed by atoms with E-state index in [1.807, 2.05) is 0 Å². The van der Waals surface area contributed by atoms with Crippen LogP contribution in [0.25, 0.3) is 0 Å². The number of rotatable bonds is 2. The molecule has 0 N–H and O–H groups in total. The molecule has 1 aromatic rings. The maximum atomic E-state index is 12.0. The van der Waals surface area contributed by atoms with Crippen LogP contribution in [0.5, 0.6) is 5.75 Å². The normalized spacial score (nSPS) is 11.6. The summed E-state index contributed by atoms with van der Waals surface area (Å²) >= 11 is 0. The Labute approximate surface area is 61.0 Å². The van der Waals surface area contributed by atoms with Crippen LogP contribution in [-0.2, 0) is 0 Å². The summed E-state index contributed by atoms with van der Waals surface area (Å²) in [6, 6.07) is 1.13. The van der Waals surface area contributed by atoms with Crippen molar-refractivity contribution in [3.8, 4) is 5.75 Å². The molecule has 0 aromatic carbocycles. The monoisotopic (exact) mass is 165 g/mol. The molecule has 11 heavy (non-hydrogen) atoms. The molecule has 0 atom stereocenters. The third-order valence-electron chi connectivity index (χ3n) is 1.17. The fraction of sp³-hybridized carbons (Fsp3) is 0.200. The first-order chi connectivity index (χ1) is 5.05. The van der Waals surface area contributed by atoms with Crippen LogP contribution in [0.2, 0.25) is 0 Å². The summed E-state index contributed by atoms with van der Waals surface area (Å²) in [5.74, 6) is -0.266. The van der Waals surface area contributed by atoms with E-state index in [-0.39, 0.29) is 5.75 Å². The molecule has 0 amide bonds. The van der Waals surface area contributed by atoms with E-state index in [4.69, 9.17) is 0 Å². The molecule has 0 saturated heterocycles. The zero-order valence-electron chi connectivity index (χ0n) is 5.68. The lowest BCUT2D eigenvalue weighted by molar-refractivity contribution is 0.401. The Morgan fingerprint density at radius 2 is 2.09 bits per heavy atom. The van der Waals surface area contributed by atoms with Gasteiger partial charge in [0.05, 0.1) is 19.0 Å². The van der Waals surface area contributed by atoms with Gasteiger partial charge in [-0.1, -0.05) is 0 Å². The second-order valence-electron chi connectivity index (χ2n) is 1.93. The van der Waals surface area contributed by atoms with Crippen LogP contribution in [0, 0.1) is 0 Å². The van der Waals surface area contributed by atoms with Crippen molar-refractivity contribution in [2.45, 2.75) is 0 Å². The summed E-state index contributed by atoms with van der Waals surface area (Å²) in [4.78, 5) is 0. The molecule has 2 nitrogen and oxygen atoms in total. The van der Waals surface area contributed by atoms with Gasteiger partial charge in [-0.25, -0.2) is 0 Å². The molecule has 1 aromatic heterocycles. The molecule has 0 radical (unpaired) electrons. The summed E-state index contributed by atoms with van der Waals surface area (Å²) < 4.78 is 44.5. The highest BCUT2D eigenvalue weighted by Crippen LogP contribution is 2.17. The van der Waals surface area contributed by atoms with Gasteiger partial charge in [0.15, 0.2) is 0 Å². The SMILES string of the molecule is COc1ccoc1[B-](F)(F)F. The molecule has 0 aliphatic heterocycles. The largest absolute Gasteiger partial charge is 0.548 e. The highest BCUT2D eigenvalue weighted by atomic mass is 19.4. The molecule has 1 rings (SSSR count). The zero-order chi connectivity index (χ0) is 8.48. The average molecular weight is 165 g/mol. The van der Waals surface area contributed by atoms with Gasteiger partial charge < -0.3 is 22.1 Å². The average Bonchev–Trinajstić information content (AvgIpc) is 2.31. The summed E-state index contributed by atoms with van der Waals surface area (Å²) in [6.07, 6.45) is 0.948. The minimum Gasteiger partial charge on any atom is -0.497 e. The molecule has 0 spiro atoms. The minimum atomic E-state index is -5.09. The second kappa shape index (κ2) is 2.52. The number of ether oxygens (including phenoxy) is 1. The number of furan rings is 1. The van der Waals surface area contributed by atoms with Gasteiger partial charge in [0.2, 0.25) is 0 Å². The Hall–Kier alpha value is -1.07. The summed E-state index contributed by atoms with van der Waals surface area (Å²) in [5.41, 5.74) is -1.03. The lowest BCUT2D eigenvalue weighted by Crippen LogP contribution is -2.33. The molecule has 0 bridgehead atoms. The van der Waals surface area contributed by atoms with E-state index in [9.17, 15) is 12.9 Å². The maximum absolute atomic E-state index is 12.0. The van der Waals surface area contributed by atoms with Gasteiger partial charge in [-0.05, 0) is 0 Å². The van der Waals surface area contributed by atoms with Crippen molar-refractivity contribution in [3.63, 3.8) is 0 Å². The Bertz CT molecular complexity index is 242. The van der Waals surface area contributed by atoms with Crippen LogP contribution in [0.4, 0.5) is 12.9 Å². The quantitative estimate of drug-likeness (QED) is 0.616. The van der Waals surface area contributed by atoms with E-state index >= 15 is 0 Å². The van der Waals surface area contributed by atoms with Gasteiger partial charge in [0, 0.05) is 6.07 Å². The predicted molar refractivity (Wildman–Crippen MR) is 34.0 cm³/mol. The lowest BCUT2D eigenvalue weighted by Gasteiger charge is -2.11. The number of halogens is 3. The number of methoxy groups -OCH3 is 1. The summed E-state index contributed by atoms with van der Waals surface area (Å²) in [6.45, 7) is -5.09. The third kappa shape index (κ3) is 1.50. The fourth-order valence-corrected chi connectivity index (χ4v) is 0.716. The van der Waals surface area contributed by atoms with E-state index in [1.54, 1.807) is 0 Å². The van der Waals surface area contributed by atoms with Gasteiger partial charge >= 0.3 is 6.98 Å². The van der Waals surface area contributed by atoms with Gasteiger partial charge in [-0.15, -0.1) is 0 Å². The number of hydrogen-bond donors (Lipinski definition) is 0. The molecule has 1 heterocycles. The van der Waals surface area contributed by atoms with Gasteiger partial charge in [-0.3, -0.25) is 0 Å².